The van der Waals surface area contributed by atoms with Crippen LogP contribution in [0, 0.1) is 0 Å². The Morgan fingerprint density at radius 3 is 2.43 bits per heavy atom. The zero-order chi connectivity index (χ0) is 19.8. The zero-order valence-electron chi connectivity index (χ0n) is 16.2. The largest absolute Gasteiger partial charge is 0.416 e. The van der Waals surface area contributed by atoms with E-state index < -0.39 is 0 Å². The van der Waals surface area contributed by atoms with Gasteiger partial charge in [-0.25, -0.2) is 0 Å². The van der Waals surface area contributed by atoms with Crippen LogP contribution < -0.4 is 5.32 Å². The molecule has 28 heavy (non-hydrogen) atoms. The molecule has 0 aliphatic rings. The Kier molecular flexibility index (Phi) is 7.25. The topological polar surface area (TPSA) is 68.0 Å². The van der Waals surface area contributed by atoms with Gasteiger partial charge in [0.2, 0.25) is 11.8 Å². The minimum atomic E-state index is -0.261. The number of rotatable bonds is 9. The van der Waals surface area contributed by atoms with Crippen LogP contribution in [0.1, 0.15) is 43.2 Å². The predicted molar refractivity (Wildman–Crippen MR) is 111 cm³/mol. The Morgan fingerprint density at radius 1 is 1.07 bits per heavy atom. The van der Waals surface area contributed by atoms with Gasteiger partial charge in [0.1, 0.15) is 0 Å². The summed E-state index contributed by atoms with van der Waals surface area (Å²) in [5.41, 5.74) is 2.31. The first-order valence-electron chi connectivity index (χ1n) is 9.51. The molecule has 2 aromatic carbocycles. The highest BCUT2D eigenvalue weighted by molar-refractivity contribution is 8.00. The molecule has 1 N–H and O–H groups in total. The molecule has 6 heteroatoms. The molecule has 1 aromatic heterocycles. The summed E-state index contributed by atoms with van der Waals surface area (Å²) in [4.78, 5) is 12.5. The lowest BCUT2D eigenvalue weighted by molar-refractivity contribution is -0.120. The number of nitrogens with zero attached hydrogens (tertiary/aromatic N) is 2. The van der Waals surface area contributed by atoms with Crippen molar-refractivity contribution in [2.45, 2.75) is 49.6 Å². The van der Waals surface area contributed by atoms with Gasteiger partial charge in [-0.15, -0.1) is 10.2 Å². The molecule has 0 radical (unpaired) electrons. The van der Waals surface area contributed by atoms with Crippen molar-refractivity contribution in [3.8, 4) is 0 Å². The molecular formula is C22H25N3O2S. The van der Waals surface area contributed by atoms with Gasteiger partial charge in [-0.05, 0) is 23.5 Å². The highest BCUT2D eigenvalue weighted by Crippen LogP contribution is 2.26. The highest BCUT2D eigenvalue weighted by atomic mass is 32.2. The van der Waals surface area contributed by atoms with E-state index in [-0.39, 0.29) is 17.1 Å². The fourth-order valence-corrected chi connectivity index (χ4v) is 3.71. The number of hydrogen-bond acceptors (Lipinski definition) is 5. The van der Waals surface area contributed by atoms with E-state index in [1.165, 1.54) is 17.3 Å². The fourth-order valence-electron chi connectivity index (χ4n) is 2.87. The average molecular weight is 396 g/mol. The van der Waals surface area contributed by atoms with Gasteiger partial charge in [-0.2, -0.15) is 0 Å². The Bertz CT molecular complexity index is 868. The van der Waals surface area contributed by atoms with Gasteiger partial charge in [0.15, 0.2) is 0 Å². The molecule has 0 fully saturated rings. The first kappa shape index (κ1) is 20.1. The standard InChI is InChI=1S/C22H25N3O2S/c1-3-19(21(26)23-15-17-10-6-4-7-11-17)28-22-25-24-20(27-22)14-16(2)18-12-8-5-9-13-18/h4-13,16,19H,3,14-15H2,1-2H3,(H,23,26). The van der Waals surface area contributed by atoms with Crippen LogP contribution in [0.2, 0.25) is 0 Å². The van der Waals surface area contributed by atoms with Crippen LogP contribution in [-0.4, -0.2) is 21.4 Å². The summed E-state index contributed by atoms with van der Waals surface area (Å²) in [5.74, 6) is 0.864. The van der Waals surface area contributed by atoms with Crippen LogP contribution in [0.25, 0.3) is 0 Å². The summed E-state index contributed by atoms with van der Waals surface area (Å²) in [6.07, 6.45) is 1.36. The number of hydrogen-bond donors (Lipinski definition) is 1. The van der Waals surface area contributed by atoms with E-state index in [2.05, 4.69) is 34.6 Å². The molecule has 1 amide bonds. The van der Waals surface area contributed by atoms with Crippen molar-refractivity contribution >= 4 is 17.7 Å². The Labute approximate surface area is 170 Å². The first-order valence-corrected chi connectivity index (χ1v) is 10.4. The maximum atomic E-state index is 12.5. The van der Waals surface area contributed by atoms with E-state index in [4.69, 9.17) is 4.42 Å². The van der Waals surface area contributed by atoms with E-state index in [1.54, 1.807) is 0 Å². The van der Waals surface area contributed by atoms with Gasteiger partial charge in [0.25, 0.3) is 5.22 Å². The molecule has 0 saturated heterocycles. The third-order valence-electron chi connectivity index (χ3n) is 4.51. The molecule has 0 aliphatic carbocycles. The Hall–Kier alpha value is -2.60. The molecule has 0 saturated carbocycles. The van der Waals surface area contributed by atoms with Crippen molar-refractivity contribution in [1.82, 2.24) is 15.5 Å². The molecule has 146 valence electrons. The Balaban J connectivity index is 1.54. The van der Waals surface area contributed by atoms with E-state index >= 15 is 0 Å². The van der Waals surface area contributed by atoms with Gasteiger partial charge >= 0.3 is 0 Å². The molecule has 1 heterocycles. The number of nitrogens with one attached hydrogen (secondary N) is 1. The van der Waals surface area contributed by atoms with Crippen LogP contribution in [0.4, 0.5) is 0 Å². The van der Waals surface area contributed by atoms with Crippen LogP contribution >= 0.6 is 11.8 Å². The number of thioether (sulfide) groups is 1. The minimum absolute atomic E-state index is 0.0197. The molecule has 0 aliphatic heterocycles. The number of benzene rings is 2. The number of carbonyl (C=O) groups excluding carboxylic acids is 1. The van der Waals surface area contributed by atoms with Gasteiger partial charge in [-0.3, -0.25) is 4.79 Å². The number of aromatic nitrogens is 2. The van der Waals surface area contributed by atoms with Crippen LogP contribution in [0.5, 0.6) is 0 Å². The Morgan fingerprint density at radius 2 is 1.75 bits per heavy atom. The first-order chi connectivity index (χ1) is 13.7. The lowest BCUT2D eigenvalue weighted by Gasteiger charge is -2.12. The molecule has 0 bridgehead atoms. The number of carbonyl (C=O) groups is 1. The second kappa shape index (κ2) is 10.1. The third-order valence-corrected chi connectivity index (χ3v) is 5.71. The zero-order valence-corrected chi connectivity index (χ0v) is 17.0. The summed E-state index contributed by atoms with van der Waals surface area (Å²) < 4.78 is 5.78. The van der Waals surface area contributed by atoms with Crippen LogP contribution in [0.15, 0.2) is 70.3 Å². The summed E-state index contributed by atoms with van der Waals surface area (Å²) in [6.45, 7) is 4.63. The quantitative estimate of drug-likeness (QED) is 0.536. The second-order valence-corrected chi connectivity index (χ2v) is 7.85. The predicted octanol–water partition coefficient (Wildman–Crippen LogP) is 4.60. The van der Waals surface area contributed by atoms with Crippen molar-refractivity contribution < 1.29 is 9.21 Å². The van der Waals surface area contributed by atoms with E-state index in [0.717, 1.165) is 5.56 Å². The van der Waals surface area contributed by atoms with Crippen LogP contribution in [0.3, 0.4) is 0 Å². The lowest BCUT2D eigenvalue weighted by Crippen LogP contribution is -2.31. The van der Waals surface area contributed by atoms with Gasteiger partial charge < -0.3 is 9.73 Å². The fraction of sp³-hybridized carbons (Fsp3) is 0.318. The monoisotopic (exact) mass is 395 g/mol. The lowest BCUT2D eigenvalue weighted by atomic mass is 9.98. The molecule has 2 atom stereocenters. The van der Waals surface area contributed by atoms with Crippen LogP contribution in [-0.2, 0) is 17.8 Å². The van der Waals surface area contributed by atoms with Gasteiger partial charge in [0, 0.05) is 13.0 Å². The van der Waals surface area contributed by atoms with Crippen molar-refractivity contribution in [3.05, 3.63) is 77.7 Å². The molecule has 5 nitrogen and oxygen atoms in total. The van der Waals surface area contributed by atoms with Crippen molar-refractivity contribution in [1.29, 1.82) is 0 Å². The normalized spacial score (nSPS) is 13.1. The molecular weight excluding hydrogens is 370 g/mol. The average Bonchev–Trinajstić information content (AvgIpc) is 3.18. The van der Waals surface area contributed by atoms with Gasteiger partial charge in [-0.1, -0.05) is 86.3 Å². The van der Waals surface area contributed by atoms with E-state index in [1.807, 2.05) is 55.5 Å². The molecule has 3 rings (SSSR count). The SMILES string of the molecule is CCC(Sc1nnc(CC(C)c2ccccc2)o1)C(=O)NCc1ccccc1. The maximum Gasteiger partial charge on any atom is 0.277 e. The van der Waals surface area contributed by atoms with Gasteiger partial charge in [0.05, 0.1) is 5.25 Å². The summed E-state index contributed by atoms with van der Waals surface area (Å²) in [6, 6.07) is 20.1. The smallest absolute Gasteiger partial charge is 0.277 e. The summed E-state index contributed by atoms with van der Waals surface area (Å²) in [5, 5.41) is 11.4. The van der Waals surface area contributed by atoms with E-state index in [0.29, 0.717) is 30.5 Å². The summed E-state index contributed by atoms with van der Waals surface area (Å²) in [7, 11) is 0. The van der Waals surface area contributed by atoms with Crippen molar-refractivity contribution in [2.24, 2.45) is 0 Å². The number of amides is 1. The van der Waals surface area contributed by atoms with Crippen molar-refractivity contribution in [2.75, 3.05) is 0 Å². The maximum absolute atomic E-state index is 12.5. The van der Waals surface area contributed by atoms with Crippen molar-refractivity contribution in [3.63, 3.8) is 0 Å². The molecule has 0 spiro atoms. The van der Waals surface area contributed by atoms with E-state index in [9.17, 15) is 4.79 Å². The third kappa shape index (κ3) is 5.70. The molecule has 3 aromatic rings. The minimum Gasteiger partial charge on any atom is -0.416 e. The highest BCUT2D eigenvalue weighted by Gasteiger charge is 2.21. The molecule has 2 unspecified atom stereocenters. The summed E-state index contributed by atoms with van der Waals surface area (Å²) >= 11 is 1.32. The second-order valence-electron chi connectivity index (χ2n) is 6.70.